The van der Waals surface area contributed by atoms with Gasteiger partial charge >= 0.3 is 0 Å². The Labute approximate surface area is 108 Å². The van der Waals surface area contributed by atoms with Crippen molar-refractivity contribution in [1.82, 2.24) is 4.98 Å². The molecule has 18 heavy (non-hydrogen) atoms. The lowest BCUT2D eigenvalue weighted by atomic mass is 9.68. The number of nitriles is 1. The molecule has 1 aromatic heterocycles. The fraction of sp³-hybridized carbons (Fsp3) is 0.600. The van der Waals surface area contributed by atoms with E-state index < -0.39 is 11.5 Å². The van der Waals surface area contributed by atoms with Gasteiger partial charge in [-0.3, -0.25) is 4.98 Å². The molecular weight excluding hydrogens is 224 g/mol. The first kappa shape index (κ1) is 13.0. The minimum absolute atomic E-state index is 0.622. The van der Waals surface area contributed by atoms with E-state index >= 15 is 0 Å². The summed E-state index contributed by atoms with van der Waals surface area (Å²) in [6.07, 6.45) is 4.53. The molecule has 1 fully saturated rings. The SMILES string of the molecule is Cc1ccc(C(O)C2(C#N)CCC(C)CC2)nc1. The van der Waals surface area contributed by atoms with Crippen LogP contribution < -0.4 is 0 Å². The van der Waals surface area contributed by atoms with E-state index in [2.05, 4.69) is 18.0 Å². The minimum atomic E-state index is -0.768. The van der Waals surface area contributed by atoms with E-state index in [4.69, 9.17) is 0 Å². The molecule has 0 saturated heterocycles. The summed E-state index contributed by atoms with van der Waals surface area (Å²) in [5, 5.41) is 20.0. The molecule has 1 saturated carbocycles. The average molecular weight is 244 g/mol. The summed E-state index contributed by atoms with van der Waals surface area (Å²) in [7, 11) is 0. The van der Waals surface area contributed by atoms with Crippen molar-refractivity contribution in [2.45, 2.75) is 45.6 Å². The van der Waals surface area contributed by atoms with Crippen molar-refractivity contribution in [3.63, 3.8) is 0 Å². The van der Waals surface area contributed by atoms with Crippen LogP contribution in [0.2, 0.25) is 0 Å². The van der Waals surface area contributed by atoms with Crippen LogP contribution in [0.3, 0.4) is 0 Å². The standard InChI is InChI=1S/C15H20N2O/c1-11-5-7-15(10-16,8-6-11)14(18)13-4-3-12(2)9-17-13/h3-4,9,11,14,18H,5-8H2,1-2H3. The average Bonchev–Trinajstić information content (AvgIpc) is 2.40. The summed E-state index contributed by atoms with van der Waals surface area (Å²) in [4.78, 5) is 4.26. The maximum atomic E-state index is 10.5. The predicted molar refractivity (Wildman–Crippen MR) is 69.6 cm³/mol. The van der Waals surface area contributed by atoms with Gasteiger partial charge < -0.3 is 5.11 Å². The van der Waals surface area contributed by atoms with Crippen LogP contribution in [0.4, 0.5) is 0 Å². The molecule has 1 heterocycles. The summed E-state index contributed by atoms with van der Waals surface area (Å²) in [6.45, 7) is 4.17. The third kappa shape index (κ3) is 2.39. The van der Waals surface area contributed by atoms with Crippen molar-refractivity contribution in [2.75, 3.05) is 0 Å². The van der Waals surface area contributed by atoms with Gasteiger partial charge in [0.1, 0.15) is 6.10 Å². The van der Waals surface area contributed by atoms with E-state index in [9.17, 15) is 10.4 Å². The Bertz CT molecular complexity index is 439. The van der Waals surface area contributed by atoms with Crippen molar-refractivity contribution in [3.8, 4) is 6.07 Å². The maximum absolute atomic E-state index is 10.5. The summed E-state index contributed by atoms with van der Waals surface area (Å²) >= 11 is 0. The topological polar surface area (TPSA) is 56.9 Å². The molecule has 1 aliphatic carbocycles. The smallest absolute Gasteiger partial charge is 0.114 e. The van der Waals surface area contributed by atoms with Gasteiger partial charge in [-0.05, 0) is 50.2 Å². The quantitative estimate of drug-likeness (QED) is 0.869. The zero-order valence-electron chi connectivity index (χ0n) is 11.1. The third-order valence-electron chi connectivity index (χ3n) is 4.13. The fourth-order valence-electron chi connectivity index (χ4n) is 2.65. The number of aliphatic hydroxyl groups excluding tert-OH is 1. The van der Waals surface area contributed by atoms with Gasteiger partial charge in [-0.25, -0.2) is 0 Å². The molecule has 3 nitrogen and oxygen atoms in total. The van der Waals surface area contributed by atoms with Gasteiger partial charge in [0, 0.05) is 6.20 Å². The van der Waals surface area contributed by atoms with Gasteiger partial charge in [0.25, 0.3) is 0 Å². The van der Waals surface area contributed by atoms with Crippen LogP contribution in [0.15, 0.2) is 18.3 Å². The van der Waals surface area contributed by atoms with Crippen LogP contribution in [0.25, 0.3) is 0 Å². The van der Waals surface area contributed by atoms with Crippen LogP contribution in [-0.2, 0) is 0 Å². The Kier molecular flexibility index (Phi) is 3.68. The Balaban J connectivity index is 2.23. The van der Waals surface area contributed by atoms with Gasteiger partial charge in [0.2, 0.25) is 0 Å². The van der Waals surface area contributed by atoms with E-state index in [0.29, 0.717) is 11.6 Å². The highest BCUT2D eigenvalue weighted by Gasteiger charge is 2.42. The van der Waals surface area contributed by atoms with Gasteiger partial charge in [-0.15, -0.1) is 0 Å². The van der Waals surface area contributed by atoms with Crippen molar-refractivity contribution in [2.24, 2.45) is 11.3 Å². The van der Waals surface area contributed by atoms with Gasteiger partial charge in [0.15, 0.2) is 0 Å². The monoisotopic (exact) mass is 244 g/mol. The molecular formula is C15H20N2O. The Hall–Kier alpha value is -1.40. The number of aryl methyl sites for hydroxylation is 1. The van der Waals surface area contributed by atoms with Crippen molar-refractivity contribution in [1.29, 1.82) is 5.26 Å². The van der Waals surface area contributed by atoms with E-state index in [1.165, 1.54) is 0 Å². The van der Waals surface area contributed by atoms with Crippen LogP contribution in [0.5, 0.6) is 0 Å². The zero-order chi connectivity index (χ0) is 13.2. The van der Waals surface area contributed by atoms with Gasteiger partial charge in [0.05, 0.1) is 17.2 Å². The Morgan fingerprint density at radius 1 is 1.44 bits per heavy atom. The van der Waals surface area contributed by atoms with Crippen LogP contribution in [-0.4, -0.2) is 10.1 Å². The number of rotatable bonds is 2. The van der Waals surface area contributed by atoms with E-state index in [1.54, 1.807) is 6.20 Å². The Morgan fingerprint density at radius 3 is 2.61 bits per heavy atom. The van der Waals surface area contributed by atoms with E-state index in [1.807, 2.05) is 19.1 Å². The summed E-state index contributed by atoms with van der Waals surface area (Å²) in [5.74, 6) is 0.657. The zero-order valence-corrected chi connectivity index (χ0v) is 11.1. The lowest BCUT2D eigenvalue weighted by molar-refractivity contribution is 0.0236. The third-order valence-corrected chi connectivity index (χ3v) is 4.13. The molecule has 1 unspecified atom stereocenters. The van der Waals surface area contributed by atoms with Crippen LogP contribution in [0, 0.1) is 29.6 Å². The van der Waals surface area contributed by atoms with Gasteiger partial charge in [-0.2, -0.15) is 5.26 Å². The highest BCUT2D eigenvalue weighted by atomic mass is 16.3. The molecule has 0 radical (unpaired) electrons. The van der Waals surface area contributed by atoms with Crippen molar-refractivity contribution < 1.29 is 5.11 Å². The summed E-state index contributed by atoms with van der Waals surface area (Å²) in [5.41, 5.74) is 1.04. The number of pyridine rings is 1. The molecule has 1 N–H and O–H groups in total. The molecule has 96 valence electrons. The molecule has 3 heteroatoms. The van der Waals surface area contributed by atoms with Crippen LogP contribution >= 0.6 is 0 Å². The minimum Gasteiger partial charge on any atom is -0.385 e. The largest absolute Gasteiger partial charge is 0.385 e. The predicted octanol–water partition coefficient (Wildman–Crippen LogP) is 3.14. The molecule has 0 spiro atoms. The first-order valence-corrected chi connectivity index (χ1v) is 6.59. The summed E-state index contributed by atoms with van der Waals surface area (Å²) < 4.78 is 0. The Morgan fingerprint density at radius 2 is 2.11 bits per heavy atom. The number of nitrogens with zero attached hydrogens (tertiary/aromatic N) is 2. The fourth-order valence-corrected chi connectivity index (χ4v) is 2.65. The second kappa shape index (κ2) is 5.07. The first-order valence-electron chi connectivity index (χ1n) is 6.59. The molecule has 0 amide bonds. The number of aliphatic hydroxyl groups is 1. The molecule has 2 rings (SSSR count). The molecule has 1 aliphatic rings. The number of aromatic nitrogens is 1. The van der Waals surface area contributed by atoms with Crippen molar-refractivity contribution in [3.05, 3.63) is 29.6 Å². The molecule has 0 aromatic carbocycles. The highest BCUT2D eigenvalue weighted by Crippen LogP contribution is 2.46. The molecule has 0 aliphatic heterocycles. The normalized spacial score (nSPS) is 29.6. The van der Waals surface area contributed by atoms with E-state index in [-0.39, 0.29) is 0 Å². The second-order valence-corrected chi connectivity index (χ2v) is 5.61. The summed E-state index contributed by atoms with van der Waals surface area (Å²) in [6, 6.07) is 6.12. The molecule has 1 atom stereocenters. The highest BCUT2D eigenvalue weighted by molar-refractivity contribution is 5.19. The number of hydrogen-bond donors (Lipinski definition) is 1. The second-order valence-electron chi connectivity index (χ2n) is 5.61. The molecule has 1 aromatic rings. The lowest BCUT2D eigenvalue weighted by Gasteiger charge is -2.37. The van der Waals surface area contributed by atoms with Gasteiger partial charge in [-0.1, -0.05) is 13.0 Å². The van der Waals surface area contributed by atoms with Crippen LogP contribution in [0.1, 0.15) is 50.0 Å². The maximum Gasteiger partial charge on any atom is 0.114 e. The van der Waals surface area contributed by atoms with E-state index in [0.717, 1.165) is 31.2 Å². The van der Waals surface area contributed by atoms with Crippen molar-refractivity contribution >= 4 is 0 Å². The number of hydrogen-bond acceptors (Lipinski definition) is 3. The first-order chi connectivity index (χ1) is 8.57. The molecule has 0 bridgehead atoms. The lowest BCUT2D eigenvalue weighted by Crippen LogP contribution is -2.32.